The maximum Gasteiger partial charge on any atom is 0.271 e. The number of benzene rings is 1. The van der Waals surface area contributed by atoms with E-state index >= 15 is 0 Å². The van der Waals surface area contributed by atoms with Crippen molar-refractivity contribution in [3.8, 4) is 5.69 Å². The number of carbonyl (C=O) groups is 1. The van der Waals surface area contributed by atoms with Gasteiger partial charge in [-0.15, -0.1) is 0 Å². The number of hydrogen-bond acceptors (Lipinski definition) is 3. The van der Waals surface area contributed by atoms with Crippen LogP contribution in [-0.2, 0) is 0 Å². The molecule has 1 heterocycles. The number of halogens is 1. The van der Waals surface area contributed by atoms with Crippen LogP contribution in [0, 0.1) is 12.8 Å². The molecule has 0 bridgehead atoms. The van der Waals surface area contributed by atoms with E-state index in [4.69, 9.17) is 16.7 Å². The van der Waals surface area contributed by atoms with Gasteiger partial charge in [-0.2, -0.15) is 5.10 Å². The van der Waals surface area contributed by atoms with Gasteiger partial charge < -0.3 is 10.4 Å². The molecule has 6 heteroatoms. The van der Waals surface area contributed by atoms with E-state index in [1.165, 1.54) is 0 Å². The van der Waals surface area contributed by atoms with Crippen molar-refractivity contribution in [3.63, 3.8) is 0 Å². The Morgan fingerprint density at radius 2 is 2.23 bits per heavy atom. The summed E-state index contributed by atoms with van der Waals surface area (Å²) in [6, 6.07) is 9.06. The van der Waals surface area contributed by atoms with Gasteiger partial charge in [0, 0.05) is 23.9 Å². The average Bonchev–Trinajstić information content (AvgIpc) is 2.87. The van der Waals surface area contributed by atoms with Gasteiger partial charge >= 0.3 is 0 Å². The summed E-state index contributed by atoms with van der Waals surface area (Å²) in [6.45, 7) is 4.51. The summed E-state index contributed by atoms with van der Waals surface area (Å²) < 4.78 is 1.69. The van der Waals surface area contributed by atoms with E-state index in [1.54, 1.807) is 22.9 Å². The van der Waals surface area contributed by atoms with Gasteiger partial charge in [0.25, 0.3) is 5.91 Å². The van der Waals surface area contributed by atoms with E-state index < -0.39 is 0 Å². The second kappa shape index (κ2) is 7.42. The van der Waals surface area contributed by atoms with Crippen LogP contribution in [0.4, 0.5) is 0 Å². The average molecular weight is 322 g/mol. The summed E-state index contributed by atoms with van der Waals surface area (Å²) in [5, 5.41) is 16.7. The monoisotopic (exact) mass is 321 g/mol. The van der Waals surface area contributed by atoms with Gasteiger partial charge in [0.15, 0.2) is 5.69 Å². The van der Waals surface area contributed by atoms with Gasteiger partial charge in [-0.25, -0.2) is 4.68 Å². The van der Waals surface area contributed by atoms with Gasteiger partial charge in [0.05, 0.1) is 5.69 Å². The Balaban J connectivity index is 2.11. The van der Waals surface area contributed by atoms with Crippen molar-refractivity contribution in [3.05, 3.63) is 46.7 Å². The van der Waals surface area contributed by atoms with Crippen molar-refractivity contribution in [2.24, 2.45) is 5.92 Å². The molecule has 1 aromatic carbocycles. The molecule has 0 aliphatic rings. The largest absolute Gasteiger partial charge is 0.396 e. The van der Waals surface area contributed by atoms with Gasteiger partial charge in [0.2, 0.25) is 0 Å². The zero-order valence-electron chi connectivity index (χ0n) is 12.7. The first-order chi connectivity index (χ1) is 10.5. The summed E-state index contributed by atoms with van der Waals surface area (Å²) in [5.41, 5.74) is 2.04. The summed E-state index contributed by atoms with van der Waals surface area (Å²) >= 11 is 5.99. The lowest BCUT2D eigenvalue weighted by atomic mass is 10.1. The number of aliphatic hydroxyl groups excluding tert-OH is 1. The predicted molar refractivity (Wildman–Crippen MR) is 86.5 cm³/mol. The van der Waals surface area contributed by atoms with Gasteiger partial charge in [-0.05, 0) is 43.5 Å². The normalized spacial score (nSPS) is 12.2. The highest BCUT2D eigenvalue weighted by atomic mass is 35.5. The first-order valence-electron chi connectivity index (χ1n) is 7.23. The van der Waals surface area contributed by atoms with Crippen LogP contribution in [0.3, 0.4) is 0 Å². The molecular weight excluding hydrogens is 302 g/mol. The minimum Gasteiger partial charge on any atom is -0.396 e. The maximum absolute atomic E-state index is 12.1. The van der Waals surface area contributed by atoms with E-state index in [2.05, 4.69) is 10.4 Å². The summed E-state index contributed by atoms with van der Waals surface area (Å²) in [7, 11) is 0. The minimum atomic E-state index is -0.214. The quantitative estimate of drug-likeness (QED) is 0.859. The van der Waals surface area contributed by atoms with Crippen molar-refractivity contribution in [2.75, 3.05) is 13.2 Å². The number of aromatic nitrogens is 2. The molecule has 0 saturated heterocycles. The third-order valence-electron chi connectivity index (χ3n) is 3.41. The Morgan fingerprint density at radius 3 is 2.91 bits per heavy atom. The molecule has 2 N–H and O–H groups in total. The van der Waals surface area contributed by atoms with Crippen LogP contribution in [0.5, 0.6) is 0 Å². The predicted octanol–water partition coefficient (Wildman–Crippen LogP) is 2.58. The lowest BCUT2D eigenvalue weighted by molar-refractivity contribution is 0.0940. The van der Waals surface area contributed by atoms with Crippen molar-refractivity contribution >= 4 is 17.5 Å². The number of aryl methyl sites for hydroxylation is 1. The Kier molecular flexibility index (Phi) is 5.57. The molecule has 118 valence electrons. The van der Waals surface area contributed by atoms with E-state index in [0.29, 0.717) is 23.7 Å². The van der Waals surface area contributed by atoms with Crippen LogP contribution in [0.1, 0.15) is 29.5 Å². The van der Waals surface area contributed by atoms with Crippen LogP contribution >= 0.6 is 11.6 Å². The second-order valence-corrected chi connectivity index (χ2v) is 5.83. The molecule has 5 nitrogen and oxygen atoms in total. The molecule has 1 amide bonds. The van der Waals surface area contributed by atoms with Crippen LogP contribution < -0.4 is 5.32 Å². The molecule has 0 unspecified atom stereocenters. The number of nitrogens with one attached hydrogen (secondary N) is 1. The van der Waals surface area contributed by atoms with Gasteiger partial charge in [-0.3, -0.25) is 4.79 Å². The van der Waals surface area contributed by atoms with Crippen LogP contribution in [0.25, 0.3) is 5.69 Å². The lowest BCUT2D eigenvalue weighted by Crippen LogP contribution is -2.29. The molecule has 22 heavy (non-hydrogen) atoms. The summed E-state index contributed by atoms with van der Waals surface area (Å²) in [4.78, 5) is 12.1. The van der Waals surface area contributed by atoms with Crippen molar-refractivity contribution in [2.45, 2.75) is 20.3 Å². The molecule has 1 aromatic heterocycles. The highest BCUT2D eigenvalue weighted by Gasteiger charge is 2.14. The second-order valence-electron chi connectivity index (χ2n) is 5.39. The highest BCUT2D eigenvalue weighted by molar-refractivity contribution is 6.30. The van der Waals surface area contributed by atoms with Crippen molar-refractivity contribution in [1.82, 2.24) is 15.1 Å². The maximum atomic E-state index is 12.1. The van der Waals surface area contributed by atoms with Gasteiger partial charge in [0.1, 0.15) is 0 Å². The number of hydrogen-bond donors (Lipinski definition) is 2. The molecule has 0 aliphatic carbocycles. The lowest BCUT2D eigenvalue weighted by Gasteiger charge is -2.09. The number of rotatable bonds is 6. The Morgan fingerprint density at radius 1 is 1.45 bits per heavy atom. The number of carbonyl (C=O) groups excluding carboxylic acids is 1. The van der Waals surface area contributed by atoms with Crippen molar-refractivity contribution < 1.29 is 9.90 Å². The SMILES string of the molecule is Cc1cc(C(=O)NC[C@H](C)CCO)nn1-c1cccc(Cl)c1. The molecule has 0 radical (unpaired) electrons. The smallest absolute Gasteiger partial charge is 0.271 e. The van der Waals surface area contributed by atoms with Crippen LogP contribution in [0.15, 0.2) is 30.3 Å². The molecule has 2 aromatic rings. The van der Waals surface area contributed by atoms with E-state index in [0.717, 1.165) is 11.4 Å². The Bertz CT molecular complexity index is 655. The molecule has 0 fully saturated rings. The van der Waals surface area contributed by atoms with Crippen LogP contribution in [-0.4, -0.2) is 33.9 Å². The molecule has 0 spiro atoms. The zero-order valence-corrected chi connectivity index (χ0v) is 13.5. The molecule has 0 saturated carbocycles. The van der Waals surface area contributed by atoms with E-state index in [1.807, 2.05) is 26.0 Å². The standard InChI is InChI=1S/C16H20ClN3O2/c1-11(6-7-21)10-18-16(22)15-8-12(2)20(19-15)14-5-3-4-13(17)9-14/h3-5,8-9,11,21H,6-7,10H2,1-2H3,(H,18,22)/t11-/m1/s1. The molecule has 1 atom stereocenters. The van der Waals surface area contributed by atoms with Crippen molar-refractivity contribution in [1.29, 1.82) is 0 Å². The molecule has 2 rings (SSSR count). The first-order valence-corrected chi connectivity index (χ1v) is 7.60. The Hall–Kier alpha value is -1.85. The van der Waals surface area contributed by atoms with Crippen LogP contribution in [0.2, 0.25) is 5.02 Å². The number of amides is 1. The fourth-order valence-corrected chi connectivity index (χ4v) is 2.32. The Labute approximate surface area is 134 Å². The third kappa shape index (κ3) is 4.08. The first kappa shape index (κ1) is 16.5. The number of aliphatic hydroxyl groups is 1. The highest BCUT2D eigenvalue weighted by Crippen LogP contribution is 2.16. The third-order valence-corrected chi connectivity index (χ3v) is 3.64. The summed E-state index contributed by atoms with van der Waals surface area (Å²) in [6.07, 6.45) is 0.663. The fraction of sp³-hybridized carbons (Fsp3) is 0.375. The molecular formula is C16H20ClN3O2. The topological polar surface area (TPSA) is 67.2 Å². The van der Waals surface area contributed by atoms with E-state index in [-0.39, 0.29) is 18.4 Å². The minimum absolute atomic E-state index is 0.125. The molecule has 0 aliphatic heterocycles. The van der Waals surface area contributed by atoms with E-state index in [9.17, 15) is 4.79 Å². The fourth-order valence-electron chi connectivity index (χ4n) is 2.13. The number of nitrogens with zero attached hydrogens (tertiary/aromatic N) is 2. The summed E-state index contributed by atoms with van der Waals surface area (Å²) in [5.74, 6) is 0.0127. The van der Waals surface area contributed by atoms with Gasteiger partial charge in [-0.1, -0.05) is 24.6 Å². The zero-order chi connectivity index (χ0) is 16.1.